The first-order valence-corrected chi connectivity index (χ1v) is 7.22. The van der Waals surface area contributed by atoms with Gasteiger partial charge in [0.1, 0.15) is 12.0 Å². The molecule has 4 nitrogen and oxygen atoms in total. The van der Waals surface area contributed by atoms with Gasteiger partial charge < -0.3 is 9.84 Å². The first-order valence-electron chi connectivity index (χ1n) is 7.22. The fourth-order valence-corrected chi connectivity index (χ4v) is 2.92. The Morgan fingerprint density at radius 2 is 1.77 bits per heavy atom. The molecule has 1 aliphatic heterocycles. The Kier molecular flexibility index (Phi) is 3.41. The van der Waals surface area contributed by atoms with Crippen LogP contribution in [0.4, 0.5) is 5.69 Å². The van der Waals surface area contributed by atoms with E-state index in [2.05, 4.69) is 0 Å². The summed E-state index contributed by atoms with van der Waals surface area (Å²) >= 11 is 0. The van der Waals surface area contributed by atoms with E-state index in [1.165, 1.54) is 4.90 Å². The lowest BCUT2D eigenvalue weighted by molar-refractivity contribution is 0.0780. The smallest absolute Gasteiger partial charge is 0.260 e. The van der Waals surface area contributed by atoms with Crippen LogP contribution in [0.25, 0.3) is 0 Å². The summed E-state index contributed by atoms with van der Waals surface area (Å²) in [7, 11) is 1.58. The number of hydrogen-bond acceptors (Lipinski definition) is 3. The molecule has 1 amide bonds. The van der Waals surface area contributed by atoms with E-state index in [4.69, 9.17) is 4.74 Å². The van der Waals surface area contributed by atoms with Gasteiger partial charge in [0.25, 0.3) is 5.91 Å². The number of ether oxygens (including phenoxy) is 1. The quantitative estimate of drug-likeness (QED) is 0.927. The molecule has 0 spiro atoms. The van der Waals surface area contributed by atoms with E-state index in [-0.39, 0.29) is 5.91 Å². The Hall–Kier alpha value is -2.33. The number of rotatable bonds is 2. The number of anilines is 1. The minimum Gasteiger partial charge on any atom is -0.497 e. The summed E-state index contributed by atoms with van der Waals surface area (Å²) in [4.78, 5) is 14.3. The van der Waals surface area contributed by atoms with Gasteiger partial charge in [0.05, 0.1) is 12.8 Å². The summed E-state index contributed by atoms with van der Waals surface area (Å²) in [5.41, 5.74) is 1.76. The van der Waals surface area contributed by atoms with Crippen molar-refractivity contribution in [2.45, 2.75) is 25.5 Å². The molecular weight excluding hydrogens is 278 g/mol. The summed E-state index contributed by atoms with van der Waals surface area (Å²) in [6.45, 7) is 3.88. The number of nitrogens with zero attached hydrogens (tertiary/aromatic N) is 1. The van der Waals surface area contributed by atoms with Gasteiger partial charge in [-0.2, -0.15) is 0 Å². The highest BCUT2D eigenvalue weighted by Crippen LogP contribution is 2.44. The molecule has 3 rings (SSSR count). The van der Waals surface area contributed by atoms with Gasteiger partial charge in [0.15, 0.2) is 0 Å². The van der Waals surface area contributed by atoms with E-state index in [0.717, 1.165) is 11.3 Å². The van der Waals surface area contributed by atoms with Gasteiger partial charge in [-0.25, -0.2) is 0 Å². The molecule has 4 heteroatoms. The topological polar surface area (TPSA) is 49.8 Å². The SMILES string of the molecule is COc1ccc(C(=O)N2c3ccccc3C(C)(C)[C@H]2O)cc1. The van der Waals surface area contributed by atoms with E-state index < -0.39 is 11.6 Å². The van der Waals surface area contributed by atoms with Gasteiger partial charge in [-0.15, -0.1) is 0 Å². The molecule has 1 N–H and O–H groups in total. The highest BCUT2D eigenvalue weighted by Gasteiger charge is 2.46. The minimum absolute atomic E-state index is 0.215. The Labute approximate surface area is 130 Å². The van der Waals surface area contributed by atoms with Crippen LogP contribution in [0.3, 0.4) is 0 Å². The number of aliphatic hydroxyl groups is 1. The predicted molar refractivity (Wildman–Crippen MR) is 85.3 cm³/mol. The fraction of sp³-hybridized carbons (Fsp3) is 0.278. The maximum Gasteiger partial charge on any atom is 0.260 e. The van der Waals surface area contributed by atoms with Crippen molar-refractivity contribution in [3.05, 3.63) is 59.7 Å². The van der Waals surface area contributed by atoms with E-state index in [0.29, 0.717) is 11.3 Å². The lowest BCUT2D eigenvalue weighted by atomic mass is 9.85. The maximum absolute atomic E-state index is 12.8. The number of aliphatic hydroxyl groups excluding tert-OH is 1. The molecule has 2 aromatic carbocycles. The lowest BCUT2D eigenvalue weighted by Gasteiger charge is -2.28. The zero-order chi connectivity index (χ0) is 15.9. The number of benzene rings is 2. The number of para-hydroxylation sites is 1. The van der Waals surface area contributed by atoms with Gasteiger partial charge in [-0.1, -0.05) is 32.0 Å². The summed E-state index contributed by atoms with van der Waals surface area (Å²) in [6.07, 6.45) is -0.889. The van der Waals surface area contributed by atoms with Crippen molar-refractivity contribution in [3.63, 3.8) is 0 Å². The average molecular weight is 297 g/mol. The monoisotopic (exact) mass is 297 g/mol. The summed E-state index contributed by atoms with van der Waals surface area (Å²) in [5, 5.41) is 10.7. The fourth-order valence-electron chi connectivity index (χ4n) is 2.92. The largest absolute Gasteiger partial charge is 0.497 e. The molecule has 0 aromatic heterocycles. The van der Waals surface area contributed by atoms with Crippen LogP contribution in [0.2, 0.25) is 0 Å². The zero-order valence-electron chi connectivity index (χ0n) is 12.9. The van der Waals surface area contributed by atoms with Crippen LogP contribution in [0.15, 0.2) is 48.5 Å². The van der Waals surface area contributed by atoms with Crippen LogP contribution in [0.1, 0.15) is 29.8 Å². The Bertz CT molecular complexity index is 707. The normalized spacial score (nSPS) is 18.9. The molecule has 0 bridgehead atoms. The third-order valence-corrected chi connectivity index (χ3v) is 4.30. The summed E-state index contributed by atoms with van der Waals surface area (Å²) < 4.78 is 5.11. The number of amides is 1. The van der Waals surface area contributed by atoms with Crippen LogP contribution < -0.4 is 9.64 Å². The van der Waals surface area contributed by atoms with Crippen LogP contribution in [0.5, 0.6) is 5.75 Å². The van der Waals surface area contributed by atoms with Crippen molar-refractivity contribution in [2.24, 2.45) is 0 Å². The van der Waals surface area contributed by atoms with Crippen LogP contribution in [-0.2, 0) is 5.41 Å². The van der Waals surface area contributed by atoms with Crippen molar-refractivity contribution in [1.29, 1.82) is 0 Å². The van der Waals surface area contributed by atoms with Crippen molar-refractivity contribution < 1.29 is 14.6 Å². The molecule has 1 aliphatic rings. The second kappa shape index (κ2) is 5.14. The number of carbonyl (C=O) groups excluding carboxylic acids is 1. The average Bonchev–Trinajstić information content (AvgIpc) is 2.74. The van der Waals surface area contributed by atoms with Gasteiger partial charge in [-0.3, -0.25) is 9.69 Å². The van der Waals surface area contributed by atoms with Crippen molar-refractivity contribution >= 4 is 11.6 Å². The van der Waals surface area contributed by atoms with E-state index in [1.807, 2.05) is 38.1 Å². The molecule has 0 aliphatic carbocycles. The van der Waals surface area contributed by atoms with E-state index in [1.54, 1.807) is 31.4 Å². The standard InChI is InChI=1S/C18H19NO3/c1-18(2)14-6-4-5-7-15(14)19(17(18)21)16(20)12-8-10-13(22-3)11-9-12/h4-11,17,21H,1-3H3/t17-/m1/s1. The number of hydrogen-bond donors (Lipinski definition) is 1. The second-order valence-corrected chi connectivity index (χ2v) is 6.02. The van der Waals surface area contributed by atoms with E-state index >= 15 is 0 Å². The van der Waals surface area contributed by atoms with Crippen LogP contribution >= 0.6 is 0 Å². The highest BCUT2D eigenvalue weighted by atomic mass is 16.5. The molecule has 1 heterocycles. The first-order chi connectivity index (χ1) is 10.5. The Morgan fingerprint density at radius 3 is 2.41 bits per heavy atom. The van der Waals surface area contributed by atoms with Gasteiger partial charge in [-0.05, 0) is 35.9 Å². The van der Waals surface area contributed by atoms with Gasteiger partial charge in [0.2, 0.25) is 0 Å². The third-order valence-electron chi connectivity index (χ3n) is 4.30. The lowest BCUT2D eigenvalue weighted by Crippen LogP contribution is -2.44. The molecule has 1 atom stereocenters. The number of methoxy groups -OCH3 is 1. The molecule has 2 aromatic rings. The summed E-state index contributed by atoms with van der Waals surface area (Å²) in [6, 6.07) is 14.5. The molecule has 0 unspecified atom stereocenters. The van der Waals surface area contributed by atoms with Gasteiger partial charge in [0, 0.05) is 11.0 Å². The summed E-state index contributed by atoms with van der Waals surface area (Å²) in [5.74, 6) is 0.479. The molecule has 0 fully saturated rings. The van der Waals surface area contributed by atoms with Crippen molar-refractivity contribution in [1.82, 2.24) is 0 Å². The molecule has 114 valence electrons. The van der Waals surface area contributed by atoms with E-state index in [9.17, 15) is 9.90 Å². The molecule has 0 saturated carbocycles. The van der Waals surface area contributed by atoms with Crippen molar-refractivity contribution in [3.8, 4) is 5.75 Å². The predicted octanol–water partition coefficient (Wildman–Crippen LogP) is 2.95. The van der Waals surface area contributed by atoms with Crippen LogP contribution in [-0.4, -0.2) is 24.4 Å². The van der Waals surface area contributed by atoms with Crippen LogP contribution in [0, 0.1) is 0 Å². The second-order valence-electron chi connectivity index (χ2n) is 6.02. The molecule has 0 radical (unpaired) electrons. The Morgan fingerprint density at radius 1 is 1.14 bits per heavy atom. The third kappa shape index (κ3) is 2.07. The zero-order valence-corrected chi connectivity index (χ0v) is 12.9. The molecule has 0 saturated heterocycles. The highest BCUT2D eigenvalue weighted by molar-refractivity contribution is 6.08. The van der Waals surface area contributed by atoms with Gasteiger partial charge >= 0.3 is 0 Å². The maximum atomic E-state index is 12.8. The molecular formula is C18H19NO3. The first kappa shape index (κ1) is 14.6. The minimum atomic E-state index is -0.889. The van der Waals surface area contributed by atoms with Crippen molar-refractivity contribution in [2.75, 3.05) is 12.0 Å². The number of carbonyl (C=O) groups is 1. The Balaban J connectivity index is 2.02. The molecule has 22 heavy (non-hydrogen) atoms. The number of fused-ring (bicyclic) bond motifs is 1.